The van der Waals surface area contributed by atoms with E-state index in [1.54, 1.807) is 6.26 Å². The predicted octanol–water partition coefficient (Wildman–Crippen LogP) is 3.50. The number of rotatable bonds is 7. The second kappa shape index (κ2) is 12.3. The molecule has 8 heteroatoms. The maximum absolute atomic E-state index is 5.74. The van der Waals surface area contributed by atoms with Crippen molar-refractivity contribution >= 4 is 41.7 Å². The number of aliphatic imine (C=N–C) groups is 1. The van der Waals surface area contributed by atoms with Gasteiger partial charge >= 0.3 is 0 Å². The lowest BCUT2D eigenvalue weighted by Crippen LogP contribution is -2.49. The standard InChI is InChI=1S/C20H34N4O2S.HI/c1-21-19(23-16-20(27-2)8-13-25-14-9-20)22-15-17(18-7-6-12-26-18)24-10-4-3-5-11-24;/h6-7,12,17H,3-5,8-11,13-16H2,1-2H3,(H2,21,22,23);1H. The average Bonchev–Trinajstić information content (AvgIpc) is 3.26. The summed E-state index contributed by atoms with van der Waals surface area (Å²) in [6, 6.07) is 4.31. The molecule has 0 amide bonds. The number of nitrogens with one attached hydrogen (secondary N) is 2. The summed E-state index contributed by atoms with van der Waals surface area (Å²) in [5, 5.41) is 7.08. The normalized spacial score (nSPS) is 21.6. The van der Waals surface area contributed by atoms with Gasteiger partial charge in [-0.05, 0) is 57.2 Å². The fourth-order valence-electron chi connectivity index (χ4n) is 3.98. The van der Waals surface area contributed by atoms with Crippen molar-refractivity contribution in [3.8, 4) is 0 Å². The van der Waals surface area contributed by atoms with Crippen LogP contribution >= 0.6 is 35.7 Å². The van der Waals surface area contributed by atoms with Crippen LogP contribution in [0.5, 0.6) is 0 Å². The van der Waals surface area contributed by atoms with Crippen molar-refractivity contribution in [1.82, 2.24) is 15.5 Å². The van der Waals surface area contributed by atoms with E-state index in [-0.39, 0.29) is 34.8 Å². The van der Waals surface area contributed by atoms with E-state index in [0.29, 0.717) is 0 Å². The van der Waals surface area contributed by atoms with E-state index in [9.17, 15) is 0 Å². The van der Waals surface area contributed by atoms with Crippen molar-refractivity contribution in [3.63, 3.8) is 0 Å². The summed E-state index contributed by atoms with van der Waals surface area (Å²) in [7, 11) is 1.84. The van der Waals surface area contributed by atoms with Crippen molar-refractivity contribution in [1.29, 1.82) is 0 Å². The summed E-state index contributed by atoms with van der Waals surface area (Å²) in [6.07, 6.45) is 10.0. The molecular weight excluding hydrogens is 487 g/mol. The van der Waals surface area contributed by atoms with Gasteiger partial charge in [-0.3, -0.25) is 9.89 Å². The second-order valence-electron chi connectivity index (χ2n) is 7.43. The van der Waals surface area contributed by atoms with Gasteiger partial charge < -0.3 is 19.8 Å². The quantitative estimate of drug-likeness (QED) is 0.325. The highest BCUT2D eigenvalue weighted by molar-refractivity contribution is 14.0. The summed E-state index contributed by atoms with van der Waals surface area (Å²) in [4.78, 5) is 6.97. The molecule has 1 aromatic heterocycles. The van der Waals surface area contributed by atoms with Crippen molar-refractivity contribution in [3.05, 3.63) is 24.2 Å². The Balaban J connectivity index is 0.00000280. The number of furan rings is 1. The number of guanidine groups is 1. The van der Waals surface area contributed by atoms with Gasteiger partial charge in [0.05, 0.1) is 12.3 Å². The highest BCUT2D eigenvalue weighted by atomic mass is 127. The molecule has 2 fully saturated rings. The summed E-state index contributed by atoms with van der Waals surface area (Å²) in [6.45, 7) is 5.67. The maximum Gasteiger partial charge on any atom is 0.191 e. The molecule has 0 spiro atoms. The molecule has 160 valence electrons. The van der Waals surface area contributed by atoms with Crippen LogP contribution < -0.4 is 10.6 Å². The summed E-state index contributed by atoms with van der Waals surface area (Å²) < 4.78 is 11.5. The van der Waals surface area contributed by atoms with Gasteiger partial charge in [0.2, 0.25) is 0 Å². The molecule has 1 unspecified atom stereocenters. The minimum Gasteiger partial charge on any atom is -0.468 e. The molecule has 2 aliphatic heterocycles. The Hall–Kier alpha value is -0.450. The Morgan fingerprint density at radius 3 is 2.61 bits per heavy atom. The number of hydrogen-bond acceptors (Lipinski definition) is 5. The van der Waals surface area contributed by atoms with Crippen molar-refractivity contribution in [2.24, 2.45) is 4.99 Å². The minimum absolute atomic E-state index is 0. The molecule has 0 aliphatic carbocycles. The molecule has 0 bridgehead atoms. The molecule has 1 aromatic rings. The molecule has 0 aromatic carbocycles. The maximum atomic E-state index is 5.74. The topological polar surface area (TPSA) is 62.0 Å². The highest BCUT2D eigenvalue weighted by Crippen LogP contribution is 2.33. The third kappa shape index (κ3) is 6.53. The number of likely N-dealkylation sites (tertiary alicyclic amines) is 1. The molecule has 2 N–H and O–H groups in total. The fourth-order valence-corrected chi connectivity index (χ4v) is 4.77. The lowest BCUT2D eigenvalue weighted by Gasteiger charge is -2.36. The van der Waals surface area contributed by atoms with Crippen molar-refractivity contribution in [2.45, 2.75) is 42.9 Å². The lowest BCUT2D eigenvalue weighted by atomic mass is 9.99. The molecule has 28 heavy (non-hydrogen) atoms. The van der Waals surface area contributed by atoms with E-state index >= 15 is 0 Å². The van der Waals surface area contributed by atoms with Crippen LogP contribution in [0.4, 0.5) is 0 Å². The third-order valence-electron chi connectivity index (χ3n) is 5.80. The summed E-state index contributed by atoms with van der Waals surface area (Å²) >= 11 is 1.94. The smallest absolute Gasteiger partial charge is 0.191 e. The van der Waals surface area contributed by atoms with Gasteiger partial charge in [-0.25, -0.2) is 0 Å². The van der Waals surface area contributed by atoms with E-state index in [0.717, 1.165) is 64.0 Å². The molecule has 0 radical (unpaired) electrons. The Bertz CT molecular complexity index is 573. The van der Waals surface area contributed by atoms with E-state index in [1.165, 1.54) is 19.3 Å². The van der Waals surface area contributed by atoms with E-state index in [1.807, 2.05) is 24.9 Å². The summed E-state index contributed by atoms with van der Waals surface area (Å²) in [5.74, 6) is 1.90. The molecule has 3 rings (SSSR count). The molecule has 3 heterocycles. The van der Waals surface area contributed by atoms with Crippen LogP contribution in [0.15, 0.2) is 27.8 Å². The Morgan fingerprint density at radius 2 is 2.00 bits per heavy atom. The molecule has 2 aliphatic rings. The van der Waals surface area contributed by atoms with Gasteiger partial charge in [0.25, 0.3) is 0 Å². The van der Waals surface area contributed by atoms with Crippen molar-refractivity contribution < 1.29 is 9.15 Å². The monoisotopic (exact) mass is 522 g/mol. The zero-order valence-electron chi connectivity index (χ0n) is 17.1. The van der Waals surface area contributed by atoms with Crippen molar-refractivity contribution in [2.75, 3.05) is 52.7 Å². The number of ether oxygens (including phenoxy) is 1. The molecule has 0 saturated carbocycles. The van der Waals surface area contributed by atoms with Crippen LogP contribution in [-0.4, -0.2) is 68.3 Å². The molecular formula is C20H35IN4O2S. The largest absolute Gasteiger partial charge is 0.468 e. The zero-order chi connectivity index (χ0) is 19.0. The van der Waals surface area contributed by atoms with Crippen LogP contribution in [-0.2, 0) is 4.74 Å². The predicted molar refractivity (Wildman–Crippen MR) is 128 cm³/mol. The van der Waals surface area contributed by atoms with Gasteiger partial charge in [-0.15, -0.1) is 24.0 Å². The second-order valence-corrected chi connectivity index (χ2v) is 8.71. The SMILES string of the molecule is CN=C(NCC(c1ccco1)N1CCCCC1)NCC1(SC)CCOCC1.I. The Morgan fingerprint density at radius 1 is 1.25 bits per heavy atom. The minimum atomic E-state index is 0. The summed E-state index contributed by atoms with van der Waals surface area (Å²) in [5.41, 5.74) is 0. The van der Waals surface area contributed by atoms with Crippen LogP contribution in [0, 0.1) is 0 Å². The Labute approximate surface area is 190 Å². The van der Waals surface area contributed by atoms with Crippen LogP contribution in [0.1, 0.15) is 43.9 Å². The number of piperidine rings is 1. The third-order valence-corrected chi connectivity index (χ3v) is 7.22. The first kappa shape index (κ1) is 23.8. The van der Waals surface area contributed by atoms with Crippen LogP contribution in [0.25, 0.3) is 0 Å². The number of thioether (sulfide) groups is 1. The highest BCUT2D eigenvalue weighted by Gasteiger charge is 2.32. The first-order valence-electron chi connectivity index (χ1n) is 10.1. The molecule has 1 atom stereocenters. The Kier molecular flexibility index (Phi) is 10.5. The first-order chi connectivity index (χ1) is 13.3. The van der Waals surface area contributed by atoms with Crippen LogP contribution in [0.3, 0.4) is 0 Å². The number of halogens is 1. The average molecular weight is 522 g/mol. The molecule has 2 saturated heterocycles. The van der Waals surface area contributed by atoms with E-state index < -0.39 is 0 Å². The van der Waals surface area contributed by atoms with Gasteiger partial charge in [0.1, 0.15) is 5.76 Å². The van der Waals surface area contributed by atoms with Crippen LogP contribution in [0.2, 0.25) is 0 Å². The van der Waals surface area contributed by atoms with Gasteiger partial charge in [-0.2, -0.15) is 11.8 Å². The van der Waals surface area contributed by atoms with E-state index in [4.69, 9.17) is 9.15 Å². The first-order valence-corrected chi connectivity index (χ1v) is 11.3. The zero-order valence-corrected chi connectivity index (χ0v) is 20.3. The number of nitrogens with zero attached hydrogens (tertiary/aromatic N) is 2. The van der Waals surface area contributed by atoms with Gasteiger partial charge in [0.15, 0.2) is 5.96 Å². The van der Waals surface area contributed by atoms with Gasteiger partial charge in [-0.1, -0.05) is 6.42 Å². The fraction of sp³-hybridized carbons (Fsp3) is 0.750. The number of hydrogen-bond donors (Lipinski definition) is 2. The lowest BCUT2D eigenvalue weighted by molar-refractivity contribution is 0.0782. The van der Waals surface area contributed by atoms with E-state index in [2.05, 4.69) is 32.8 Å². The molecule has 6 nitrogen and oxygen atoms in total. The van der Waals surface area contributed by atoms with Gasteiger partial charge in [0, 0.05) is 38.1 Å².